The van der Waals surface area contributed by atoms with Crippen molar-refractivity contribution in [2.75, 3.05) is 0 Å². The lowest BCUT2D eigenvalue weighted by Crippen LogP contribution is -2.17. The third kappa shape index (κ3) is 2.31. The maximum atomic E-state index is 9.89. The topological polar surface area (TPSA) is 20.2 Å². The van der Waals surface area contributed by atoms with E-state index in [1.165, 1.54) is 5.56 Å². The van der Waals surface area contributed by atoms with Gasteiger partial charge < -0.3 is 5.11 Å². The minimum atomic E-state index is -0.727. The molecule has 0 aliphatic heterocycles. The van der Waals surface area contributed by atoms with Crippen LogP contribution in [0.5, 0.6) is 0 Å². The first-order valence-electron chi connectivity index (χ1n) is 4.77. The Hall–Kier alpha value is -0.820. The standard InChI is InChI=1S/C12H18O/c1-5-10-7-6-9(2)11(8-10)12(3,4)13/h6-8,13H,5H2,1-4H3. The maximum Gasteiger partial charge on any atom is 0.0843 e. The molecule has 0 atom stereocenters. The molecule has 0 fully saturated rings. The van der Waals surface area contributed by atoms with E-state index in [9.17, 15) is 5.11 Å². The van der Waals surface area contributed by atoms with Crippen molar-refractivity contribution in [3.05, 3.63) is 34.9 Å². The van der Waals surface area contributed by atoms with Crippen LogP contribution in [-0.4, -0.2) is 5.11 Å². The van der Waals surface area contributed by atoms with Crippen molar-refractivity contribution in [2.45, 2.75) is 39.7 Å². The molecule has 0 radical (unpaired) electrons. The third-order valence-electron chi connectivity index (χ3n) is 2.37. The molecule has 0 bridgehead atoms. The van der Waals surface area contributed by atoms with E-state index in [1.807, 2.05) is 20.8 Å². The van der Waals surface area contributed by atoms with Crippen LogP contribution in [0.25, 0.3) is 0 Å². The Morgan fingerprint density at radius 2 is 1.92 bits per heavy atom. The molecule has 0 unspecified atom stereocenters. The number of aryl methyl sites for hydroxylation is 2. The molecule has 0 aliphatic rings. The zero-order valence-corrected chi connectivity index (χ0v) is 8.89. The fraction of sp³-hybridized carbons (Fsp3) is 0.500. The normalized spacial score (nSPS) is 11.8. The van der Waals surface area contributed by atoms with Crippen LogP contribution in [0.1, 0.15) is 37.5 Å². The molecule has 0 saturated heterocycles. The molecule has 72 valence electrons. The van der Waals surface area contributed by atoms with E-state index in [1.54, 1.807) is 0 Å². The fourth-order valence-electron chi connectivity index (χ4n) is 1.55. The van der Waals surface area contributed by atoms with Crippen molar-refractivity contribution in [3.63, 3.8) is 0 Å². The molecule has 1 rings (SSSR count). The smallest absolute Gasteiger partial charge is 0.0843 e. The van der Waals surface area contributed by atoms with E-state index in [4.69, 9.17) is 0 Å². The number of hydrogen-bond donors (Lipinski definition) is 1. The van der Waals surface area contributed by atoms with Gasteiger partial charge in [0.1, 0.15) is 0 Å². The molecular weight excluding hydrogens is 160 g/mol. The summed E-state index contributed by atoms with van der Waals surface area (Å²) in [6, 6.07) is 6.28. The van der Waals surface area contributed by atoms with Crippen LogP contribution in [0.2, 0.25) is 0 Å². The molecule has 1 aromatic rings. The van der Waals surface area contributed by atoms with Crippen molar-refractivity contribution >= 4 is 0 Å². The van der Waals surface area contributed by atoms with Gasteiger partial charge in [-0.05, 0) is 43.9 Å². The van der Waals surface area contributed by atoms with Crippen LogP contribution in [0.15, 0.2) is 18.2 Å². The predicted molar refractivity (Wildman–Crippen MR) is 55.8 cm³/mol. The Bertz CT molecular complexity index is 294. The SMILES string of the molecule is CCc1ccc(C)c(C(C)(C)O)c1. The van der Waals surface area contributed by atoms with Crippen molar-refractivity contribution < 1.29 is 5.11 Å². The molecule has 1 aromatic carbocycles. The molecular formula is C12H18O. The van der Waals surface area contributed by atoms with Gasteiger partial charge in [-0.2, -0.15) is 0 Å². The Balaban J connectivity index is 3.19. The van der Waals surface area contributed by atoms with Crippen LogP contribution in [0, 0.1) is 6.92 Å². The van der Waals surface area contributed by atoms with E-state index in [0.29, 0.717) is 0 Å². The Morgan fingerprint density at radius 1 is 1.31 bits per heavy atom. The van der Waals surface area contributed by atoms with E-state index >= 15 is 0 Å². The van der Waals surface area contributed by atoms with Gasteiger partial charge in [0.25, 0.3) is 0 Å². The highest BCUT2D eigenvalue weighted by Gasteiger charge is 2.18. The van der Waals surface area contributed by atoms with Gasteiger partial charge in [0.2, 0.25) is 0 Å². The first kappa shape index (κ1) is 10.3. The average molecular weight is 178 g/mol. The number of aliphatic hydroxyl groups is 1. The highest BCUT2D eigenvalue weighted by molar-refractivity contribution is 5.34. The number of benzene rings is 1. The summed E-state index contributed by atoms with van der Waals surface area (Å²) >= 11 is 0. The molecule has 13 heavy (non-hydrogen) atoms. The van der Waals surface area contributed by atoms with Crippen LogP contribution in [0.4, 0.5) is 0 Å². The highest BCUT2D eigenvalue weighted by atomic mass is 16.3. The third-order valence-corrected chi connectivity index (χ3v) is 2.37. The molecule has 0 amide bonds. The average Bonchev–Trinajstić information content (AvgIpc) is 2.03. The summed E-state index contributed by atoms with van der Waals surface area (Å²) < 4.78 is 0. The summed E-state index contributed by atoms with van der Waals surface area (Å²) in [6.45, 7) is 7.81. The first-order valence-corrected chi connectivity index (χ1v) is 4.77. The van der Waals surface area contributed by atoms with Gasteiger partial charge >= 0.3 is 0 Å². The Kier molecular flexibility index (Phi) is 2.77. The van der Waals surface area contributed by atoms with Crippen molar-refractivity contribution in [3.8, 4) is 0 Å². The van der Waals surface area contributed by atoms with Gasteiger partial charge in [-0.15, -0.1) is 0 Å². The monoisotopic (exact) mass is 178 g/mol. The van der Waals surface area contributed by atoms with Gasteiger partial charge in [0.15, 0.2) is 0 Å². The fourth-order valence-corrected chi connectivity index (χ4v) is 1.55. The molecule has 0 aromatic heterocycles. The highest BCUT2D eigenvalue weighted by Crippen LogP contribution is 2.24. The summed E-state index contributed by atoms with van der Waals surface area (Å²) in [5, 5.41) is 9.89. The van der Waals surface area contributed by atoms with Gasteiger partial charge in [-0.1, -0.05) is 25.1 Å². The molecule has 0 saturated carbocycles. The minimum absolute atomic E-state index is 0.727. The minimum Gasteiger partial charge on any atom is -0.386 e. The lowest BCUT2D eigenvalue weighted by molar-refractivity contribution is 0.0778. The number of hydrogen-bond acceptors (Lipinski definition) is 1. The summed E-state index contributed by atoms with van der Waals surface area (Å²) in [7, 11) is 0. The summed E-state index contributed by atoms with van der Waals surface area (Å²) in [5.41, 5.74) is 2.74. The van der Waals surface area contributed by atoms with Crippen LogP contribution < -0.4 is 0 Å². The maximum absolute atomic E-state index is 9.89. The first-order chi connectivity index (χ1) is 5.95. The predicted octanol–water partition coefficient (Wildman–Crippen LogP) is 2.78. The van der Waals surface area contributed by atoms with E-state index in [2.05, 4.69) is 25.1 Å². The second kappa shape index (κ2) is 3.51. The quantitative estimate of drug-likeness (QED) is 0.738. The van der Waals surface area contributed by atoms with Crippen LogP contribution in [0.3, 0.4) is 0 Å². The molecule has 0 heterocycles. The van der Waals surface area contributed by atoms with Gasteiger partial charge in [-0.25, -0.2) is 0 Å². The van der Waals surface area contributed by atoms with Crippen LogP contribution in [-0.2, 0) is 12.0 Å². The summed E-state index contributed by atoms with van der Waals surface area (Å²) in [6.07, 6.45) is 1.02. The van der Waals surface area contributed by atoms with Gasteiger partial charge in [0.05, 0.1) is 5.60 Å². The zero-order valence-electron chi connectivity index (χ0n) is 8.89. The second-order valence-electron chi connectivity index (χ2n) is 4.06. The molecule has 0 aliphatic carbocycles. The Morgan fingerprint density at radius 3 is 2.38 bits per heavy atom. The summed E-state index contributed by atoms with van der Waals surface area (Å²) in [5.74, 6) is 0. The lowest BCUT2D eigenvalue weighted by Gasteiger charge is -2.21. The zero-order chi connectivity index (χ0) is 10.1. The molecule has 1 heteroatoms. The van der Waals surface area contributed by atoms with Crippen molar-refractivity contribution in [1.82, 2.24) is 0 Å². The second-order valence-corrected chi connectivity index (χ2v) is 4.06. The van der Waals surface area contributed by atoms with Gasteiger partial charge in [-0.3, -0.25) is 0 Å². The Labute approximate surface area is 80.4 Å². The number of rotatable bonds is 2. The molecule has 0 spiro atoms. The summed E-state index contributed by atoms with van der Waals surface area (Å²) in [4.78, 5) is 0. The molecule has 1 N–H and O–H groups in total. The van der Waals surface area contributed by atoms with E-state index in [-0.39, 0.29) is 0 Å². The van der Waals surface area contributed by atoms with E-state index in [0.717, 1.165) is 17.5 Å². The molecule has 1 nitrogen and oxygen atoms in total. The van der Waals surface area contributed by atoms with Crippen molar-refractivity contribution in [1.29, 1.82) is 0 Å². The van der Waals surface area contributed by atoms with Crippen molar-refractivity contribution in [2.24, 2.45) is 0 Å². The van der Waals surface area contributed by atoms with Crippen LogP contribution >= 0.6 is 0 Å². The largest absolute Gasteiger partial charge is 0.386 e. The van der Waals surface area contributed by atoms with Gasteiger partial charge in [0, 0.05) is 0 Å². The lowest BCUT2D eigenvalue weighted by atomic mass is 9.92. The van der Waals surface area contributed by atoms with E-state index < -0.39 is 5.60 Å².